The topological polar surface area (TPSA) is 47.3 Å². The Labute approximate surface area is 127 Å². The minimum Gasteiger partial charge on any atom is -0.373 e. The number of halogens is 1. The molecule has 1 unspecified atom stereocenters. The smallest absolute Gasteiger partial charge is 0.123 e. The molecule has 1 aliphatic rings. The van der Waals surface area contributed by atoms with Gasteiger partial charge in [-0.15, -0.1) is 0 Å². The first-order valence-electron chi connectivity index (χ1n) is 7.88. The molecule has 0 heterocycles. The van der Waals surface area contributed by atoms with Crippen LogP contribution >= 0.6 is 0 Å². The van der Waals surface area contributed by atoms with E-state index in [1.807, 2.05) is 19.9 Å². The zero-order valence-corrected chi connectivity index (χ0v) is 13.3. The van der Waals surface area contributed by atoms with Crippen molar-refractivity contribution in [2.45, 2.75) is 58.1 Å². The molecule has 0 aromatic heterocycles. The fraction of sp³-hybridized carbons (Fsp3) is 0.647. The van der Waals surface area contributed by atoms with Gasteiger partial charge in [0.1, 0.15) is 5.82 Å². The van der Waals surface area contributed by atoms with Gasteiger partial charge in [-0.1, -0.05) is 13.0 Å². The molecule has 4 heteroatoms. The molecule has 3 nitrogen and oxygen atoms in total. The fourth-order valence-corrected chi connectivity index (χ4v) is 3.54. The van der Waals surface area contributed by atoms with E-state index in [-0.39, 0.29) is 17.5 Å². The van der Waals surface area contributed by atoms with Crippen LogP contribution in [0.1, 0.15) is 56.7 Å². The summed E-state index contributed by atoms with van der Waals surface area (Å²) in [5, 5.41) is 0. The predicted molar refractivity (Wildman–Crippen MR) is 83.2 cm³/mol. The Balaban J connectivity index is 2.35. The van der Waals surface area contributed by atoms with E-state index >= 15 is 0 Å². The zero-order chi connectivity index (χ0) is 15.5. The monoisotopic (exact) mass is 294 g/mol. The minimum absolute atomic E-state index is 0.106. The molecular weight excluding hydrogens is 267 g/mol. The Hall–Kier alpha value is -0.970. The Morgan fingerprint density at radius 1 is 1.43 bits per heavy atom. The van der Waals surface area contributed by atoms with Crippen LogP contribution in [0.5, 0.6) is 0 Å². The van der Waals surface area contributed by atoms with Crippen LogP contribution in [-0.2, 0) is 4.74 Å². The molecule has 1 aromatic carbocycles. The lowest BCUT2D eigenvalue weighted by molar-refractivity contribution is -0.0978. The van der Waals surface area contributed by atoms with Gasteiger partial charge >= 0.3 is 0 Å². The third kappa shape index (κ3) is 3.44. The Morgan fingerprint density at radius 2 is 2.10 bits per heavy atom. The number of aryl methyl sites for hydroxylation is 1. The highest BCUT2D eigenvalue weighted by Crippen LogP contribution is 2.43. The van der Waals surface area contributed by atoms with E-state index in [0.717, 1.165) is 42.7 Å². The van der Waals surface area contributed by atoms with Crippen molar-refractivity contribution in [3.63, 3.8) is 0 Å². The van der Waals surface area contributed by atoms with Gasteiger partial charge in [0, 0.05) is 6.61 Å². The summed E-state index contributed by atoms with van der Waals surface area (Å²) >= 11 is 0. The SMILES string of the molecule is CCOC1(C(NN)c2ccc(F)cc2C)CCC(C)CC1. The van der Waals surface area contributed by atoms with Crippen molar-refractivity contribution in [3.05, 3.63) is 35.1 Å². The number of benzene rings is 1. The van der Waals surface area contributed by atoms with Crippen molar-refractivity contribution in [2.75, 3.05) is 6.61 Å². The number of nitrogens with two attached hydrogens (primary N) is 1. The van der Waals surface area contributed by atoms with Gasteiger partial charge in [-0.2, -0.15) is 0 Å². The summed E-state index contributed by atoms with van der Waals surface area (Å²) in [6.45, 7) is 6.88. The summed E-state index contributed by atoms with van der Waals surface area (Å²) in [7, 11) is 0. The van der Waals surface area contributed by atoms with Gasteiger partial charge in [0.05, 0.1) is 11.6 Å². The lowest BCUT2D eigenvalue weighted by Gasteiger charge is -2.45. The number of rotatable bonds is 5. The lowest BCUT2D eigenvalue weighted by Crippen LogP contribution is -2.50. The molecule has 21 heavy (non-hydrogen) atoms. The summed E-state index contributed by atoms with van der Waals surface area (Å²) in [6, 6.07) is 4.78. The maximum absolute atomic E-state index is 13.4. The fourth-order valence-electron chi connectivity index (χ4n) is 3.54. The molecule has 118 valence electrons. The molecule has 0 saturated heterocycles. The maximum atomic E-state index is 13.4. The van der Waals surface area contributed by atoms with Crippen molar-refractivity contribution in [1.82, 2.24) is 5.43 Å². The molecule has 2 rings (SSSR count). The van der Waals surface area contributed by atoms with E-state index in [2.05, 4.69) is 12.3 Å². The van der Waals surface area contributed by atoms with E-state index < -0.39 is 0 Å². The number of hydrogen-bond acceptors (Lipinski definition) is 3. The van der Waals surface area contributed by atoms with Crippen LogP contribution in [0.2, 0.25) is 0 Å². The Morgan fingerprint density at radius 3 is 2.62 bits per heavy atom. The summed E-state index contributed by atoms with van der Waals surface area (Å²) in [5.74, 6) is 6.38. The van der Waals surface area contributed by atoms with Crippen molar-refractivity contribution in [3.8, 4) is 0 Å². The van der Waals surface area contributed by atoms with Gasteiger partial charge in [0.2, 0.25) is 0 Å². The first-order chi connectivity index (χ1) is 10.0. The number of ether oxygens (including phenoxy) is 1. The minimum atomic E-state index is -0.293. The molecule has 1 fully saturated rings. The molecule has 0 spiro atoms. The molecule has 1 aliphatic carbocycles. The Bertz CT molecular complexity index is 470. The second-order valence-corrected chi connectivity index (χ2v) is 6.28. The quantitative estimate of drug-likeness (QED) is 0.644. The second-order valence-electron chi connectivity index (χ2n) is 6.28. The molecule has 1 atom stereocenters. The lowest BCUT2D eigenvalue weighted by atomic mass is 9.73. The van der Waals surface area contributed by atoms with Crippen LogP contribution in [0.4, 0.5) is 4.39 Å². The van der Waals surface area contributed by atoms with Crippen LogP contribution in [0, 0.1) is 18.7 Å². The standard InChI is InChI=1S/C17H27FN2O/c1-4-21-17(9-7-12(2)8-10-17)16(20-19)15-6-5-14(18)11-13(15)3/h5-6,11-12,16,20H,4,7-10,19H2,1-3H3. The molecule has 0 amide bonds. The highest BCUT2D eigenvalue weighted by Gasteiger charge is 2.43. The van der Waals surface area contributed by atoms with E-state index in [1.54, 1.807) is 6.07 Å². The summed E-state index contributed by atoms with van der Waals surface area (Å²) in [6.07, 6.45) is 4.23. The van der Waals surface area contributed by atoms with E-state index in [4.69, 9.17) is 10.6 Å². The summed E-state index contributed by atoms with van der Waals surface area (Å²) < 4.78 is 19.5. The highest BCUT2D eigenvalue weighted by atomic mass is 19.1. The van der Waals surface area contributed by atoms with Crippen molar-refractivity contribution in [1.29, 1.82) is 0 Å². The summed E-state index contributed by atoms with van der Waals surface area (Å²) in [4.78, 5) is 0. The number of hydrogen-bond donors (Lipinski definition) is 2. The van der Waals surface area contributed by atoms with Gasteiger partial charge in [-0.3, -0.25) is 11.3 Å². The largest absolute Gasteiger partial charge is 0.373 e. The van der Waals surface area contributed by atoms with Gasteiger partial charge in [0.15, 0.2) is 0 Å². The zero-order valence-electron chi connectivity index (χ0n) is 13.3. The summed E-state index contributed by atoms with van der Waals surface area (Å²) in [5.41, 5.74) is 4.59. The van der Waals surface area contributed by atoms with Gasteiger partial charge in [0.25, 0.3) is 0 Å². The highest BCUT2D eigenvalue weighted by molar-refractivity contribution is 5.32. The number of hydrazine groups is 1. The molecule has 0 aliphatic heterocycles. The van der Waals surface area contributed by atoms with E-state index in [0.29, 0.717) is 6.61 Å². The molecular formula is C17H27FN2O. The number of nitrogens with one attached hydrogen (secondary N) is 1. The molecule has 1 aromatic rings. The molecule has 3 N–H and O–H groups in total. The van der Waals surface area contributed by atoms with Crippen LogP contribution in [0.25, 0.3) is 0 Å². The van der Waals surface area contributed by atoms with Crippen molar-refractivity contribution < 1.29 is 9.13 Å². The first kappa shape index (κ1) is 16.4. The van der Waals surface area contributed by atoms with Crippen molar-refractivity contribution >= 4 is 0 Å². The third-order valence-electron chi connectivity index (χ3n) is 4.79. The van der Waals surface area contributed by atoms with Crippen LogP contribution < -0.4 is 11.3 Å². The van der Waals surface area contributed by atoms with Gasteiger partial charge < -0.3 is 4.74 Å². The third-order valence-corrected chi connectivity index (χ3v) is 4.79. The molecule has 0 radical (unpaired) electrons. The van der Waals surface area contributed by atoms with E-state index in [1.165, 1.54) is 6.07 Å². The normalized spacial score (nSPS) is 27.6. The Kier molecular flexibility index (Phi) is 5.36. The van der Waals surface area contributed by atoms with Crippen LogP contribution in [-0.4, -0.2) is 12.2 Å². The van der Waals surface area contributed by atoms with E-state index in [9.17, 15) is 4.39 Å². The molecule has 1 saturated carbocycles. The average molecular weight is 294 g/mol. The maximum Gasteiger partial charge on any atom is 0.123 e. The molecule has 0 bridgehead atoms. The van der Waals surface area contributed by atoms with Gasteiger partial charge in [-0.05, 0) is 68.7 Å². The second kappa shape index (κ2) is 6.86. The first-order valence-corrected chi connectivity index (χ1v) is 7.88. The predicted octanol–water partition coefficient (Wildman–Crippen LogP) is 3.62. The van der Waals surface area contributed by atoms with Crippen LogP contribution in [0.3, 0.4) is 0 Å². The van der Waals surface area contributed by atoms with Gasteiger partial charge in [-0.25, -0.2) is 4.39 Å². The average Bonchev–Trinajstić information content (AvgIpc) is 2.45. The van der Waals surface area contributed by atoms with Crippen LogP contribution in [0.15, 0.2) is 18.2 Å². The van der Waals surface area contributed by atoms with Crippen molar-refractivity contribution in [2.24, 2.45) is 11.8 Å².